The fourth-order valence-electron chi connectivity index (χ4n) is 3.51. The van der Waals surface area contributed by atoms with E-state index >= 15 is 0 Å². The van der Waals surface area contributed by atoms with Gasteiger partial charge in [-0.2, -0.15) is 0 Å². The van der Waals surface area contributed by atoms with E-state index in [9.17, 15) is 5.11 Å². The van der Waals surface area contributed by atoms with Crippen molar-refractivity contribution < 1.29 is 19.3 Å². The third-order valence-corrected chi connectivity index (χ3v) is 6.02. The van der Waals surface area contributed by atoms with Gasteiger partial charge >= 0.3 is 0 Å². The number of hydrogen-bond acceptors (Lipinski definition) is 4. The van der Waals surface area contributed by atoms with Crippen molar-refractivity contribution in [3.05, 3.63) is 81.8 Å². The van der Waals surface area contributed by atoms with E-state index in [1.807, 2.05) is 12.1 Å². The highest BCUT2D eigenvalue weighted by Gasteiger charge is 2.16. The summed E-state index contributed by atoms with van der Waals surface area (Å²) in [6.07, 6.45) is 4.76. The van der Waals surface area contributed by atoms with Crippen LogP contribution in [0.25, 0.3) is 0 Å². The highest BCUT2D eigenvalue weighted by molar-refractivity contribution is 9.10. The van der Waals surface area contributed by atoms with Crippen molar-refractivity contribution in [3.8, 4) is 0 Å². The van der Waals surface area contributed by atoms with Crippen molar-refractivity contribution >= 4 is 15.9 Å². The van der Waals surface area contributed by atoms with Crippen molar-refractivity contribution in [2.24, 2.45) is 0 Å². The van der Waals surface area contributed by atoms with Gasteiger partial charge in [0.15, 0.2) is 6.29 Å². The molecule has 0 aromatic heterocycles. The average molecular weight is 475 g/mol. The summed E-state index contributed by atoms with van der Waals surface area (Å²) >= 11 is 3.63. The SMILES string of the molecule is C=C(CO)CO[C@H](CCc1ccccc1Br)c1cccc(COC2CCCCO2)c1. The summed E-state index contributed by atoms with van der Waals surface area (Å²) in [5.74, 6) is 0. The number of hydrogen-bond donors (Lipinski definition) is 1. The first-order valence-corrected chi connectivity index (χ1v) is 11.4. The molecule has 0 bridgehead atoms. The van der Waals surface area contributed by atoms with Crippen LogP contribution in [0.2, 0.25) is 0 Å². The van der Waals surface area contributed by atoms with Crippen molar-refractivity contribution in [3.63, 3.8) is 0 Å². The Bertz CT molecular complexity index is 801. The average Bonchev–Trinajstić information content (AvgIpc) is 2.79. The third kappa shape index (κ3) is 7.33. The molecule has 2 atom stereocenters. The quantitative estimate of drug-likeness (QED) is 0.422. The molecule has 162 valence electrons. The Balaban J connectivity index is 1.66. The molecule has 1 N–H and O–H groups in total. The Morgan fingerprint density at radius 3 is 2.83 bits per heavy atom. The summed E-state index contributed by atoms with van der Waals surface area (Å²) in [5.41, 5.74) is 4.14. The molecule has 3 rings (SSSR count). The van der Waals surface area contributed by atoms with Crippen LogP contribution in [0.3, 0.4) is 0 Å². The molecule has 0 saturated carbocycles. The lowest BCUT2D eigenvalue weighted by Gasteiger charge is -2.23. The summed E-state index contributed by atoms with van der Waals surface area (Å²) < 4.78 is 18.9. The highest BCUT2D eigenvalue weighted by Crippen LogP contribution is 2.27. The monoisotopic (exact) mass is 474 g/mol. The number of aliphatic hydroxyl groups excluding tert-OH is 1. The van der Waals surface area contributed by atoms with E-state index in [1.54, 1.807) is 0 Å². The third-order valence-electron chi connectivity index (χ3n) is 5.24. The lowest BCUT2D eigenvalue weighted by Crippen LogP contribution is -2.22. The van der Waals surface area contributed by atoms with Gasteiger partial charge in [-0.1, -0.05) is 65.0 Å². The molecule has 2 aromatic carbocycles. The van der Waals surface area contributed by atoms with E-state index < -0.39 is 0 Å². The topological polar surface area (TPSA) is 47.9 Å². The molecule has 30 heavy (non-hydrogen) atoms. The summed E-state index contributed by atoms with van der Waals surface area (Å²) in [5, 5.41) is 9.29. The van der Waals surface area contributed by atoms with E-state index in [2.05, 4.69) is 58.9 Å². The van der Waals surface area contributed by atoms with Crippen molar-refractivity contribution in [2.75, 3.05) is 19.8 Å². The molecular weight excluding hydrogens is 444 g/mol. The minimum absolute atomic E-state index is 0.0633. The molecule has 4 nitrogen and oxygen atoms in total. The van der Waals surface area contributed by atoms with Crippen LogP contribution in [0.15, 0.2) is 65.2 Å². The predicted octanol–water partition coefficient (Wildman–Crippen LogP) is 5.73. The molecule has 2 aromatic rings. The first-order chi connectivity index (χ1) is 14.7. The Kier molecular flexibility index (Phi) is 9.56. The number of halogens is 1. The molecule has 5 heteroatoms. The van der Waals surface area contributed by atoms with Crippen LogP contribution >= 0.6 is 15.9 Å². The van der Waals surface area contributed by atoms with Gasteiger partial charge in [0, 0.05) is 11.1 Å². The van der Waals surface area contributed by atoms with Gasteiger partial charge in [0.1, 0.15) is 0 Å². The minimum Gasteiger partial charge on any atom is -0.392 e. The van der Waals surface area contributed by atoms with Gasteiger partial charge in [-0.05, 0) is 60.4 Å². The minimum atomic E-state index is -0.0993. The predicted molar refractivity (Wildman–Crippen MR) is 122 cm³/mol. The second-order valence-corrected chi connectivity index (χ2v) is 8.54. The van der Waals surface area contributed by atoms with Gasteiger partial charge in [0.05, 0.1) is 25.9 Å². The van der Waals surface area contributed by atoms with Crippen LogP contribution in [0.5, 0.6) is 0 Å². The standard InChI is InChI=1S/C25H31BrO4/c1-19(16-27)17-29-24(13-12-21-8-2-3-10-23(21)26)22-9-6-7-20(15-22)18-30-25-11-4-5-14-28-25/h2-3,6-10,15,24-25,27H,1,4-5,11-14,16-18H2/t24-,25?/m1/s1. The fourth-order valence-corrected chi connectivity index (χ4v) is 4.00. The highest BCUT2D eigenvalue weighted by atomic mass is 79.9. The van der Waals surface area contributed by atoms with Gasteiger partial charge in [-0.25, -0.2) is 0 Å². The smallest absolute Gasteiger partial charge is 0.158 e. The van der Waals surface area contributed by atoms with Crippen LogP contribution in [-0.4, -0.2) is 31.2 Å². The number of benzene rings is 2. The molecule has 1 unspecified atom stereocenters. The lowest BCUT2D eigenvalue weighted by atomic mass is 9.99. The van der Waals surface area contributed by atoms with Crippen LogP contribution in [0.1, 0.15) is 48.5 Å². The van der Waals surface area contributed by atoms with Crippen LogP contribution in [-0.2, 0) is 27.2 Å². The maximum atomic E-state index is 9.29. The fraction of sp³-hybridized carbons (Fsp3) is 0.440. The number of aliphatic hydroxyl groups is 1. The zero-order valence-corrected chi connectivity index (χ0v) is 19.0. The summed E-state index contributed by atoms with van der Waals surface area (Å²) in [7, 11) is 0. The number of aryl methyl sites for hydroxylation is 1. The van der Waals surface area contributed by atoms with Crippen molar-refractivity contribution in [2.45, 2.75) is 51.1 Å². The maximum absolute atomic E-state index is 9.29. The molecule has 1 saturated heterocycles. The van der Waals surface area contributed by atoms with E-state index in [-0.39, 0.29) is 19.0 Å². The Hall–Kier alpha value is -1.50. The van der Waals surface area contributed by atoms with E-state index in [1.165, 1.54) is 5.56 Å². The molecule has 1 heterocycles. The first kappa shape index (κ1) is 23.2. The Morgan fingerprint density at radius 2 is 2.07 bits per heavy atom. The normalized spacial score (nSPS) is 17.6. The van der Waals surface area contributed by atoms with Gasteiger partial charge in [-0.15, -0.1) is 0 Å². The van der Waals surface area contributed by atoms with Gasteiger partial charge in [0.2, 0.25) is 0 Å². The Labute approximate surface area is 188 Å². The molecule has 1 aliphatic heterocycles. The van der Waals surface area contributed by atoms with Crippen molar-refractivity contribution in [1.82, 2.24) is 0 Å². The summed E-state index contributed by atoms with van der Waals surface area (Å²) in [6.45, 7) is 5.44. The second-order valence-electron chi connectivity index (χ2n) is 7.69. The van der Waals surface area contributed by atoms with Gasteiger partial charge in [0.25, 0.3) is 0 Å². The molecule has 0 spiro atoms. The zero-order valence-electron chi connectivity index (χ0n) is 17.4. The maximum Gasteiger partial charge on any atom is 0.158 e. The van der Waals surface area contributed by atoms with Gasteiger partial charge in [-0.3, -0.25) is 0 Å². The first-order valence-electron chi connectivity index (χ1n) is 10.6. The van der Waals surface area contributed by atoms with Crippen LogP contribution < -0.4 is 0 Å². The molecule has 1 fully saturated rings. The molecular formula is C25H31BrO4. The van der Waals surface area contributed by atoms with Crippen LogP contribution in [0, 0.1) is 0 Å². The Morgan fingerprint density at radius 1 is 1.20 bits per heavy atom. The van der Waals surface area contributed by atoms with E-state index in [0.29, 0.717) is 18.8 Å². The van der Waals surface area contributed by atoms with E-state index in [4.69, 9.17) is 14.2 Å². The van der Waals surface area contributed by atoms with E-state index in [0.717, 1.165) is 54.3 Å². The number of ether oxygens (including phenoxy) is 3. The zero-order chi connectivity index (χ0) is 21.2. The lowest BCUT2D eigenvalue weighted by molar-refractivity contribution is -0.168. The summed E-state index contributed by atoms with van der Waals surface area (Å²) in [6, 6.07) is 16.6. The molecule has 0 radical (unpaired) electrons. The van der Waals surface area contributed by atoms with Crippen molar-refractivity contribution in [1.29, 1.82) is 0 Å². The van der Waals surface area contributed by atoms with Gasteiger partial charge < -0.3 is 19.3 Å². The summed E-state index contributed by atoms with van der Waals surface area (Å²) in [4.78, 5) is 0. The largest absolute Gasteiger partial charge is 0.392 e. The molecule has 1 aliphatic rings. The second kappa shape index (κ2) is 12.4. The van der Waals surface area contributed by atoms with Crippen LogP contribution in [0.4, 0.5) is 0 Å². The molecule has 0 aliphatic carbocycles. The molecule has 0 amide bonds. The number of rotatable bonds is 11.